The molecule has 2 aromatic carbocycles. The van der Waals surface area contributed by atoms with Gasteiger partial charge in [-0.25, -0.2) is 4.39 Å². The van der Waals surface area contributed by atoms with Gasteiger partial charge in [0.15, 0.2) is 0 Å². The van der Waals surface area contributed by atoms with E-state index in [4.69, 9.17) is 14.2 Å². The zero-order valence-corrected chi connectivity index (χ0v) is 15.6. The Bertz CT molecular complexity index is 692. The fourth-order valence-electron chi connectivity index (χ4n) is 2.86. The summed E-state index contributed by atoms with van der Waals surface area (Å²) in [5, 5.41) is 0. The van der Waals surface area contributed by atoms with Crippen LogP contribution in [0.2, 0.25) is 0 Å². The van der Waals surface area contributed by atoms with Gasteiger partial charge in [-0.05, 0) is 34.7 Å². The van der Waals surface area contributed by atoms with Crippen molar-refractivity contribution in [2.75, 3.05) is 27.4 Å². The van der Waals surface area contributed by atoms with E-state index >= 15 is 0 Å². The van der Waals surface area contributed by atoms with Crippen LogP contribution in [-0.2, 0) is 9.47 Å². The van der Waals surface area contributed by atoms with Crippen LogP contribution in [0.3, 0.4) is 0 Å². The van der Waals surface area contributed by atoms with Crippen molar-refractivity contribution in [1.82, 2.24) is 0 Å². The molecule has 2 rings (SSSR count). The number of hydrogen-bond acceptors (Lipinski definition) is 3. The topological polar surface area (TPSA) is 27.7 Å². The summed E-state index contributed by atoms with van der Waals surface area (Å²) in [7, 11) is 3.23. The molecule has 136 valence electrons. The van der Waals surface area contributed by atoms with Gasteiger partial charge in [-0.3, -0.25) is 0 Å². The molecule has 0 unspecified atom stereocenters. The van der Waals surface area contributed by atoms with Gasteiger partial charge in [0.2, 0.25) is 0 Å². The maximum atomic E-state index is 14.5. The third-order valence-corrected chi connectivity index (χ3v) is 4.07. The van der Waals surface area contributed by atoms with E-state index in [1.165, 1.54) is 6.07 Å². The first-order chi connectivity index (χ1) is 11.9. The monoisotopic (exact) mass is 346 g/mol. The Morgan fingerprint density at radius 3 is 2.32 bits per heavy atom. The van der Waals surface area contributed by atoms with Crippen LogP contribution in [0.5, 0.6) is 5.75 Å². The first-order valence-electron chi connectivity index (χ1n) is 8.42. The smallest absolute Gasteiger partial charge is 0.131 e. The molecule has 3 nitrogen and oxygen atoms in total. The van der Waals surface area contributed by atoms with Crippen LogP contribution in [0.4, 0.5) is 4.39 Å². The zero-order valence-electron chi connectivity index (χ0n) is 15.6. The second-order valence-corrected chi connectivity index (χ2v) is 7.04. The fraction of sp³-hybridized carbons (Fsp3) is 0.429. The van der Waals surface area contributed by atoms with Gasteiger partial charge in [0.25, 0.3) is 0 Å². The van der Waals surface area contributed by atoms with Gasteiger partial charge in [0.1, 0.15) is 11.6 Å². The van der Waals surface area contributed by atoms with Crippen molar-refractivity contribution in [3.63, 3.8) is 0 Å². The summed E-state index contributed by atoms with van der Waals surface area (Å²) in [6.07, 6.45) is -0.190. The number of rotatable bonds is 7. The Kier molecular flexibility index (Phi) is 6.57. The van der Waals surface area contributed by atoms with Crippen LogP contribution in [0.15, 0.2) is 42.5 Å². The summed E-state index contributed by atoms with van der Waals surface area (Å²) in [5.74, 6) is 0.344. The van der Waals surface area contributed by atoms with E-state index in [0.717, 1.165) is 11.1 Å². The molecule has 1 atom stereocenters. The summed E-state index contributed by atoms with van der Waals surface area (Å²) >= 11 is 0. The predicted molar refractivity (Wildman–Crippen MR) is 98.4 cm³/mol. The predicted octanol–water partition coefficient (Wildman–Crippen LogP) is 5.25. The lowest BCUT2D eigenvalue weighted by Crippen LogP contribution is -2.23. The van der Waals surface area contributed by atoms with Gasteiger partial charge in [0.05, 0.1) is 26.4 Å². The number of hydrogen-bond donors (Lipinski definition) is 0. The van der Waals surface area contributed by atoms with E-state index in [9.17, 15) is 4.39 Å². The Morgan fingerprint density at radius 1 is 0.960 bits per heavy atom. The van der Waals surface area contributed by atoms with Crippen LogP contribution >= 0.6 is 0 Å². The third-order valence-electron chi connectivity index (χ3n) is 4.07. The molecule has 0 radical (unpaired) electrons. The molecule has 4 heteroatoms. The molecule has 25 heavy (non-hydrogen) atoms. The van der Waals surface area contributed by atoms with Crippen LogP contribution < -0.4 is 4.74 Å². The molecule has 0 heterocycles. The van der Waals surface area contributed by atoms with E-state index in [-0.39, 0.29) is 17.3 Å². The molecule has 0 aliphatic heterocycles. The summed E-state index contributed by atoms with van der Waals surface area (Å²) in [6, 6.07) is 12.6. The van der Waals surface area contributed by atoms with Crippen molar-refractivity contribution < 1.29 is 18.6 Å². The molecule has 0 fully saturated rings. The molecule has 0 aromatic heterocycles. The van der Waals surface area contributed by atoms with Gasteiger partial charge in [-0.15, -0.1) is 0 Å². The molecule has 0 bridgehead atoms. The second kappa shape index (κ2) is 8.45. The molecular weight excluding hydrogens is 319 g/mol. The highest BCUT2D eigenvalue weighted by molar-refractivity contribution is 5.70. The van der Waals surface area contributed by atoms with E-state index in [1.807, 2.05) is 24.3 Å². The molecular formula is C21H27FO3. The molecule has 0 aliphatic rings. The van der Waals surface area contributed by atoms with E-state index in [1.54, 1.807) is 26.4 Å². The highest BCUT2D eigenvalue weighted by atomic mass is 19.1. The van der Waals surface area contributed by atoms with E-state index < -0.39 is 0 Å². The molecule has 0 amide bonds. The molecule has 0 N–H and O–H groups in total. The number of halogens is 1. The van der Waals surface area contributed by atoms with Crippen molar-refractivity contribution in [2.45, 2.75) is 26.9 Å². The minimum absolute atomic E-state index is 0.154. The van der Waals surface area contributed by atoms with Gasteiger partial charge >= 0.3 is 0 Å². The second-order valence-electron chi connectivity index (χ2n) is 7.04. The summed E-state index contributed by atoms with van der Waals surface area (Å²) in [5.41, 5.74) is 2.13. The highest BCUT2D eigenvalue weighted by Crippen LogP contribution is 2.41. The van der Waals surface area contributed by atoms with Crippen LogP contribution in [0.25, 0.3) is 11.1 Å². The van der Waals surface area contributed by atoms with Gasteiger partial charge in [-0.2, -0.15) is 0 Å². The Morgan fingerprint density at radius 2 is 1.68 bits per heavy atom. The maximum absolute atomic E-state index is 14.5. The summed E-state index contributed by atoms with van der Waals surface area (Å²) < 4.78 is 31.0. The lowest BCUT2D eigenvalue weighted by atomic mass is 9.81. The molecule has 0 saturated heterocycles. The molecule has 0 spiro atoms. The molecule has 2 aromatic rings. The quantitative estimate of drug-likeness (QED) is 0.641. The van der Waals surface area contributed by atoms with Crippen LogP contribution in [0, 0.1) is 11.2 Å². The number of methoxy groups -OCH3 is 2. The summed E-state index contributed by atoms with van der Waals surface area (Å²) in [4.78, 5) is 0. The first kappa shape index (κ1) is 19.4. The Labute approximate surface area is 149 Å². The number of ether oxygens (including phenoxy) is 3. The van der Waals surface area contributed by atoms with Crippen molar-refractivity contribution in [3.8, 4) is 16.9 Å². The minimum Gasteiger partial charge on any atom is -0.497 e. The summed E-state index contributed by atoms with van der Waals surface area (Å²) in [6.45, 7) is 7.34. The van der Waals surface area contributed by atoms with Gasteiger partial charge < -0.3 is 14.2 Å². The Hall–Kier alpha value is -1.91. The van der Waals surface area contributed by atoms with Crippen molar-refractivity contribution in [2.24, 2.45) is 5.41 Å². The fourth-order valence-corrected chi connectivity index (χ4v) is 2.86. The SMILES string of the molecule is COCCO[C@H](c1ccccc1-c1cc(OC)ccc1F)C(C)(C)C. The first-order valence-corrected chi connectivity index (χ1v) is 8.42. The van der Waals surface area contributed by atoms with E-state index in [0.29, 0.717) is 24.5 Å². The van der Waals surface area contributed by atoms with Gasteiger partial charge in [0, 0.05) is 12.7 Å². The standard InChI is InChI=1S/C21H27FO3/c1-21(2,3)20(25-13-12-23-4)17-9-7-6-8-16(17)18-14-15(24-5)10-11-19(18)22/h6-11,14,20H,12-13H2,1-5H3/t20-/m1/s1. The Balaban J connectivity index is 2.52. The van der Waals surface area contributed by atoms with Crippen molar-refractivity contribution >= 4 is 0 Å². The number of benzene rings is 2. The third kappa shape index (κ3) is 4.80. The van der Waals surface area contributed by atoms with Crippen LogP contribution in [-0.4, -0.2) is 27.4 Å². The van der Waals surface area contributed by atoms with Crippen molar-refractivity contribution in [1.29, 1.82) is 0 Å². The van der Waals surface area contributed by atoms with E-state index in [2.05, 4.69) is 20.8 Å². The van der Waals surface area contributed by atoms with Gasteiger partial charge in [-0.1, -0.05) is 45.0 Å². The zero-order chi connectivity index (χ0) is 18.4. The average Bonchev–Trinajstić information content (AvgIpc) is 2.58. The molecule has 0 aliphatic carbocycles. The largest absolute Gasteiger partial charge is 0.497 e. The lowest BCUT2D eigenvalue weighted by Gasteiger charge is -2.32. The minimum atomic E-state index is -0.280. The van der Waals surface area contributed by atoms with Crippen molar-refractivity contribution in [3.05, 3.63) is 53.8 Å². The molecule has 0 saturated carbocycles. The maximum Gasteiger partial charge on any atom is 0.131 e. The average molecular weight is 346 g/mol. The lowest BCUT2D eigenvalue weighted by molar-refractivity contribution is -0.0389. The highest BCUT2D eigenvalue weighted by Gasteiger charge is 2.29. The normalized spacial score (nSPS) is 12.9. The van der Waals surface area contributed by atoms with Crippen LogP contribution in [0.1, 0.15) is 32.4 Å².